The van der Waals surface area contributed by atoms with Crippen molar-refractivity contribution in [2.24, 2.45) is 0 Å². The molecule has 1 rings (SSSR count). The molecule has 1 aromatic heterocycles. The lowest BCUT2D eigenvalue weighted by molar-refractivity contribution is 0.0690. The van der Waals surface area contributed by atoms with Gasteiger partial charge in [-0.2, -0.15) is 0 Å². The van der Waals surface area contributed by atoms with Crippen LogP contribution in [0.2, 0.25) is 0 Å². The van der Waals surface area contributed by atoms with Crippen molar-refractivity contribution in [2.75, 3.05) is 5.32 Å². The maximum Gasteiger partial charge on any atom is 0.354 e. The third kappa shape index (κ3) is 3.28. The first-order chi connectivity index (χ1) is 7.67. The lowest BCUT2D eigenvalue weighted by Crippen LogP contribution is -2.18. The summed E-state index contributed by atoms with van der Waals surface area (Å²) in [6.45, 7) is 2.03. The number of nitrogens with zero attached hydrogens (tertiary/aromatic N) is 1. The van der Waals surface area contributed by atoms with Crippen molar-refractivity contribution in [3.8, 4) is 12.3 Å². The number of aromatic carboxylic acids is 1. The van der Waals surface area contributed by atoms with Crippen molar-refractivity contribution >= 4 is 11.8 Å². The summed E-state index contributed by atoms with van der Waals surface area (Å²) in [5, 5.41) is 11.8. The predicted octanol–water partition coefficient (Wildman–Crippen LogP) is 1.99. The summed E-state index contributed by atoms with van der Waals surface area (Å²) in [6.07, 6.45) is 7.14. The molecule has 0 radical (unpaired) electrons. The lowest BCUT2D eigenvalue weighted by Gasteiger charge is -2.12. The number of hydrogen-bond donors (Lipinski definition) is 2. The van der Waals surface area contributed by atoms with Crippen LogP contribution in [0.3, 0.4) is 0 Å². The lowest BCUT2D eigenvalue weighted by atomic mass is 10.2. The number of aromatic nitrogens is 1. The second-order valence-corrected chi connectivity index (χ2v) is 3.37. The Labute approximate surface area is 94.7 Å². The Hall–Kier alpha value is -2.02. The van der Waals surface area contributed by atoms with Gasteiger partial charge in [0.2, 0.25) is 0 Å². The van der Waals surface area contributed by atoms with Gasteiger partial charge in [0.25, 0.3) is 0 Å². The van der Waals surface area contributed by atoms with Crippen molar-refractivity contribution in [2.45, 2.75) is 25.8 Å². The number of pyridine rings is 1. The van der Waals surface area contributed by atoms with Crippen LogP contribution in [0.4, 0.5) is 5.82 Å². The molecule has 0 aliphatic carbocycles. The van der Waals surface area contributed by atoms with E-state index in [1.54, 1.807) is 12.1 Å². The molecule has 0 aromatic carbocycles. The number of terminal acetylenes is 1. The Morgan fingerprint density at radius 2 is 2.44 bits per heavy atom. The van der Waals surface area contributed by atoms with E-state index in [1.165, 1.54) is 6.07 Å². The van der Waals surface area contributed by atoms with E-state index in [2.05, 4.69) is 16.2 Å². The highest BCUT2D eigenvalue weighted by Gasteiger charge is 2.07. The van der Waals surface area contributed by atoms with E-state index < -0.39 is 5.97 Å². The molecule has 0 fully saturated rings. The number of carboxylic acids is 1. The van der Waals surface area contributed by atoms with Crippen LogP contribution in [-0.2, 0) is 0 Å². The van der Waals surface area contributed by atoms with Gasteiger partial charge in [-0.1, -0.05) is 25.3 Å². The van der Waals surface area contributed by atoms with Crippen LogP contribution in [0.15, 0.2) is 18.2 Å². The first-order valence-electron chi connectivity index (χ1n) is 5.10. The fraction of sp³-hybridized carbons (Fsp3) is 0.333. The van der Waals surface area contributed by atoms with Gasteiger partial charge in [-0.25, -0.2) is 9.78 Å². The Balaban J connectivity index is 2.77. The third-order valence-electron chi connectivity index (χ3n) is 2.07. The number of nitrogens with one attached hydrogen (secondary N) is 1. The zero-order valence-corrected chi connectivity index (χ0v) is 9.10. The molecule has 1 heterocycles. The van der Waals surface area contributed by atoms with Gasteiger partial charge in [0.05, 0.1) is 6.04 Å². The minimum absolute atomic E-state index is 0.0114. The highest BCUT2D eigenvalue weighted by atomic mass is 16.4. The molecule has 0 aliphatic heterocycles. The van der Waals surface area contributed by atoms with Gasteiger partial charge in [-0.15, -0.1) is 6.42 Å². The van der Waals surface area contributed by atoms with Crippen LogP contribution in [0.5, 0.6) is 0 Å². The largest absolute Gasteiger partial charge is 0.477 e. The van der Waals surface area contributed by atoms with Crippen LogP contribution < -0.4 is 5.32 Å². The topological polar surface area (TPSA) is 62.2 Å². The summed E-state index contributed by atoms with van der Waals surface area (Å²) >= 11 is 0. The second kappa shape index (κ2) is 5.76. The third-order valence-corrected chi connectivity index (χ3v) is 2.07. The molecule has 2 N–H and O–H groups in total. The monoisotopic (exact) mass is 218 g/mol. The summed E-state index contributed by atoms with van der Waals surface area (Å²) in [6, 6.07) is 4.67. The van der Waals surface area contributed by atoms with Crippen LogP contribution in [-0.4, -0.2) is 22.1 Å². The van der Waals surface area contributed by atoms with Crippen molar-refractivity contribution in [3.05, 3.63) is 23.9 Å². The number of hydrogen-bond acceptors (Lipinski definition) is 3. The molecule has 4 nitrogen and oxygen atoms in total. The first-order valence-corrected chi connectivity index (χ1v) is 5.10. The molecule has 1 aromatic rings. The molecule has 0 amide bonds. The quantitative estimate of drug-likeness (QED) is 0.742. The van der Waals surface area contributed by atoms with Crippen molar-refractivity contribution in [1.82, 2.24) is 4.98 Å². The van der Waals surface area contributed by atoms with Gasteiger partial charge in [0.15, 0.2) is 5.69 Å². The van der Waals surface area contributed by atoms with Crippen LogP contribution in [0.25, 0.3) is 0 Å². The minimum Gasteiger partial charge on any atom is -0.477 e. The minimum atomic E-state index is -1.05. The zero-order valence-electron chi connectivity index (χ0n) is 9.10. The fourth-order valence-electron chi connectivity index (χ4n) is 1.30. The molecule has 0 saturated carbocycles. The van der Waals surface area contributed by atoms with Crippen LogP contribution >= 0.6 is 0 Å². The van der Waals surface area contributed by atoms with E-state index in [0.717, 1.165) is 12.8 Å². The Morgan fingerprint density at radius 3 is 3.00 bits per heavy atom. The molecule has 0 spiro atoms. The van der Waals surface area contributed by atoms with Gasteiger partial charge < -0.3 is 10.4 Å². The van der Waals surface area contributed by atoms with Crippen LogP contribution in [0.1, 0.15) is 30.3 Å². The molecular formula is C12H14N2O2. The molecular weight excluding hydrogens is 204 g/mol. The zero-order chi connectivity index (χ0) is 12.0. The van der Waals surface area contributed by atoms with E-state index in [-0.39, 0.29) is 11.7 Å². The Bertz CT molecular complexity index is 410. The highest BCUT2D eigenvalue weighted by Crippen LogP contribution is 2.08. The van der Waals surface area contributed by atoms with Gasteiger partial charge in [-0.3, -0.25) is 0 Å². The van der Waals surface area contributed by atoms with Crippen LogP contribution in [0, 0.1) is 12.3 Å². The van der Waals surface area contributed by atoms with Gasteiger partial charge in [0, 0.05) is 0 Å². The number of carboxylic acid groups (broad SMARTS) is 1. The summed E-state index contributed by atoms with van der Waals surface area (Å²) in [7, 11) is 0. The molecule has 84 valence electrons. The van der Waals surface area contributed by atoms with E-state index in [4.69, 9.17) is 11.5 Å². The van der Waals surface area contributed by atoms with E-state index in [1.807, 2.05) is 6.92 Å². The number of rotatable bonds is 5. The van der Waals surface area contributed by atoms with Crippen molar-refractivity contribution in [3.63, 3.8) is 0 Å². The molecule has 0 bridgehead atoms. The average Bonchev–Trinajstić information content (AvgIpc) is 2.29. The summed E-state index contributed by atoms with van der Waals surface area (Å²) in [4.78, 5) is 14.6. The molecule has 0 saturated heterocycles. The summed E-state index contributed by atoms with van der Waals surface area (Å²) < 4.78 is 0. The average molecular weight is 218 g/mol. The van der Waals surface area contributed by atoms with E-state index in [0.29, 0.717) is 5.82 Å². The number of carbonyl (C=O) groups is 1. The maximum atomic E-state index is 10.7. The Morgan fingerprint density at radius 1 is 1.69 bits per heavy atom. The summed E-state index contributed by atoms with van der Waals surface area (Å²) in [5.41, 5.74) is 0.0114. The second-order valence-electron chi connectivity index (χ2n) is 3.37. The Kier molecular flexibility index (Phi) is 4.34. The molecule has 4 heteroatoms. The van der Waals surface area contributed by atoms with E-state index in [9.17, 15) is 4.79 Å². The van der Waals surface area contributed by atoms with Crippen molar-refractivity contribution < 1.29 is 9.90 Å². The smallest absolute Gasteiger partial charge is 0.354 e. The van der Waals surface area contributed by atoms with E-state index >= 15 is 0 Å². The standard InChI is InChI=1S/C12H14N2O2/c1-3-6-9(4-2)13-11-8-5-7-10(14-11)12(15)16/h2,5,7-9H,3,6H2,1H3,(H,13,14)(H,15,16). The maximum absolute atomic E-state index is 10.7. The molecule has 1 atom stereocenters. The first kappa shape index (κ1) is 12.1. The van der Waals surface area contributed by atoms with Crippen molar-refractivity contribution in [1.29, 1.82) is 0 Å². The number of anilines is 1. The molecule has 1 unspecified atom stereocenters. The van der Waals surface area contributed by atoms with Gasteiger partial charge in [0.1, 0.15) is 5.82 Å². The highest BCUT2D eigenvalue weighted by molar-refractivity contribution is 5.85. The molecule has 16 heavy (non-hydrogen) atoms. The SMILES string of the molecule is C#CC(CCC)Nc1cccc(C(=O)O)n1. The normalized spacial score (nSPS) is 11.5. The molecule has 0 aliphatic rings. The van der Waals surface area contributed by atoms with Gasteiger partial charge >= 0.3 is 5.97 Å². The predicted molar refractivity (Wildman–Crippen MR) is 62.3 cm³/mol. The van der Waals surface area contributed by atoms with Gasteiger partial charge in [-0.05, 0) is 18.6 Å². The fourth-order valence-corrected chi connectivity index (χ4v) is 1.30. The summed E-state index contributed by atoms with van der Waals surface area (Å²) in [5.74, 6) is 2.05.